The predicted molar refractivity (Wildman–Crippen MR) is 132 cm³/mol. The van der Waals surface area contributed by atoms with Crippen molar-refractivity contribution in [2.24, 2.45) is 0 Å². The largest absolute Gasteiger partial charge is 0.507 e. The Balaban J connectivity index is 1.76. The molecule has 1 aromatic carbocycles. The number of rotatable bonds is 5. The van der Waals surface area contributed by atoms with Crippen LogP contribution in [0.1, 0.15) is 76.0 Å². The molecule has 0 aliphatic carbocycles. The number of nitrogens with zero attached hydrogens (tertiary/aromatic N) is 2. The minimum absolute atomic E-state index is 0.172. The number of phenolic OH excluding ortho intramolecular Hbond substituents is 1. The van der Waals surface area contributed by atoms with Crippen molar-refractivity contribution in [3.05, 3.63) is 34.3 Å². The van der Waals surface area contributed by atoms with Gasteiger partial charge in [0.2, 0.25) is 4.34 Å². The topological polar surface area (TPSA) is 108 Å². The van der Waals surface area contributed by atoms with Gasteiger partial charge in [-0.3, -0.25) is 0 Å². The smallest absolute Gasteiger partial charge is 0.355 e. The molecule has 1 aromatic heterocycles. The maximum absolute atomic E-state index is 12.9. The summed E-state index contributed by atoms with van der Waals surface area (Å²) in [5.74, 6) is -0.884. The number of carboxylic acid groups (broad SMARTS) is 1. The van der Waals surface area contributed by atoms with Crippen molar-refractivity contribution >= 4 is 39.1 Å². The molecule has 10 heteroatoms. The van der Waals surface area contributed by atoms with E-state index in [2.05, 4.69) is 58.7 Å². The summed E-state index contributed by atoms with van der Waals surface area (Å²) in [5, 5.41) is 21.5. The lowest BCUT2D eigenvalue weighted by molar-refractivity contribution is 0.0691. The molecule has 0 unspecified atom stereocenters. The van der Waals surface area contributed by atoms with Crippen LogP contribution >= 0.6 is 23.1 Å². The summed E-state index contributed by atoms with van der Waals surface area (Å²) in [6, 6.07) is 4.11. The Labute approximate surface area is 204 Å². The normalized spacial score (nSPS) is 16.8. The summed E-state index contributed by atoms with van der Waals surface area (Å²) < 4.78 is 27.0. The molecule has 3 rings (SSSR count). The molecule has 7 nitrogen and oxygen atoms in total. The first-order valence-corrected chi connectivity index (χ1v) is 14.0. The van der Waals surface area contributed by atoms with Gasteiger partial charge in [-0.15, -0.1) is 23.1 Å². The van der Waals surface area contributed by atoms with Crippen molar-refractivity contribution in [2.45, 2.75) is 79.7 Å². The van der Waals surface area contributed by atoms with Crippen LogP contribution in [0.2, 0.25) is 0 Å². The first kappa shape index (κ1) is 26.0. The van der Waals surface area contributed by atoms with Gasteiger partial charge in [0.15, 0.2) is 5.69 Å². The average molecular weight is 513 g/mol. The number of carbonyl (C=O) groups is 1. The third-order valence-electron chi connectivity index (χ3n) is 5.67. The van der Waals surface area contributed by atoms with E-state index in [4.69, 9.17) is 5.11 Å². The summed E-state index contributed by atoms with van der Waals surface area (Å²) in [4.78, 5) is 15.9. The summed E-state index contributed by atoms with van der Waals surface area (Å²) in [6.45, 7) is 13.2. The Kier molecular flexibility index (Phi) is 7.25. The summed E-state index contributed by atoms with van der Waals surface area (Å²) in [6.07, 6.45) is 1.36. The molecule has 1 aliphatic rings. The number of benzene rings is 1. The van der Waals surface area contributed by atoms with Gasteiger partial charge in [0.1, 0.15) is 5.75 Å². The zero-order valence-corrected chi connectivity index (χ0v) is 22.3. The highest BCUT2D eigenvalue weighted by atomic mass is 32.2. The lowest BCUT2D eigenvalue weighted by Crippen LogP contribution is -2.39. The molecule has 0 atom stereocenters. The maximum atomic E-state index is 12.9. The summed E-state index contributed by atoms with van der Waals surface area (Å²) in [7, 11) is -3.79. The summed E-state index contributed by atoms with van der Waals surface area (Å²) >= 11 is 2.57. The first-order chi connectivity index (χ1) is 15.1. The third kappa shape index (κ3) is 5.72. The van der Waals surface area contributed by atoms with Crippen molar-refractivity contribution in [3.63, 3.8) is 0 Å². The van der Waals surface area contributed by atoms with E-state index in [1.54, 1.807) is 11.8 Å². The molecule has 0 saturated carbocycles. The fraction of sp³-hybridized carbons (Fsp3) is 0.565. The van der Waals surface area contributed by atoms with Crippen LogP contribution in [-0.2, 0) is 20.9 Å². The van der Waals surface area contributed by atoms with Crippen LogP contribution in [0, 0.1) is 0 Å². The van der Waals surface area contributed by atoms with Gasteiger partial charge in [0.25, 0.3) is 10.0 Å². The highest BCUT2D eigenvalue weighted by Crippen LogP contribution is 2.43. The Morgan fingerprint density at radius 2 is 1.61 bits per heavy atom. The van der Waals surface area contributed by atoms with Gasteiger partial charge in [-0.1, -0.05) is 41.5 Å². The number of thioether (sulfide) groups is 1. The molecule has 0 amide bonds. The van der Waals surface area contributed by atoms with Crippen molar-refractivity contribution in [2.75, 3.05) is 13.1 Å². The molecular formula is C23H32N2O5S3. The summed E-state index contributed by atoms with van der Waals surface area (Å²) in [5.41, 5.74) is 1.16. The van der Waals surface area contributed by atoms with Crippen molar-refractivity contribution in [1.29, 1.82) is 0 Å². The number of sulfonamides is 1. The number of aromatic hydroxyl groups is 1. The Morgan fingerprint density at radius 3 is 2.03 bits per heavy atom. The van der Waals surface area contributed by atoms with E-state index in [0.29, 0.717) is 31.7 Å². The molecule has 1 saturated heterocycles. The number of hydrogen-bond donors (Lipinski definition) is 2. The fourth-order valence-electron chi connectivity index (χ4n) is 3.79. The van der Waals surface area contributed by atoms with E-state index in [9.17, 15) is 18.3 Å². The minimum Gasteiger partial charge on any atom is -0.507 e. The zero-order chi connectivity index (χ0) is 24.8. The van der Waals surface area contributed by atoms with Crippen LogP contribution in [0.4, 0.5) is 0 Å². The number of carboxylic acids is 1. The van der Waals surface area contributed by atoms with Crippen molar-refractivity contribution in [1.82, 2.24) is 9.29 Å². The fourth-order valence-corrected chi connectivity index (χ4v) is 7.58. The lowest BCUT2D eigenvalue weighted by Gasteiger charge is -2.31. The molecule has 1 fully saturated rings. The molecule has 0 spiro atoms. The van der Waals surface area contributed by atoms with Crippen LogP contribution < -0.4 is 0 Å². The molecule has 1 aliphatic heterocycles. The van der Waals surface area contributed by atoms with Gasteiger partial charge in [0.05, 0.1) is 0 Å². The van der Waals surface area contributed by atoms with Crippen LogP contribution in [0.25, 0.3) is 0 Å². The molecule has 33 heavy (non-hydrogen) atoms. The molecular weight excluding hydrogens is 480 g/mol. The molecule has 0 bridgehead atoms. The number of piperidine rings is 1. The van der Waals surface area contributed by atoms with Crippen LogP contribution in [0.5, 0.6) is 5.75 Å². The van der Waals surface area contributed by atoms with Crippen LogP contribution in [0.15, 0.2) is 26.7 Å². The number of hydrogen-bond acceptors (Lipinski definition) is 7. The number of aromatic nitrogens is 1. The van der Waals surface area contributed by atoms with Crippen molar-refractivity contribution < 1.29 is 23.4 Å². The highest BCUT2D eigenvalue weighted by molar-refractivity contribution is 8.00. The quantitative estimate of drug-likeness (QED) is 0.575. The van der Waals surface area contributed by atoms with E-state index in [1.165, 1.54) is 9.69 Å². The van der Waals surface area contributed by atoms with Crippen LogP contribution in [0.3, 0.4) is 0 Å². The Morgan fingerprint density at radius 1 is 1.09 bits per heavy atom. The number of aromatic carboxylic acids is 1. The van der Waals surface area contributed by atoms with Crippen molar-refractivity contribution in [3.8, 4) is 5.75 Å². The minimum atomic E-state index is -3.79. The van der Waals surface area contributed by atoms with Gasteiger partial charge in [-0.05, 0) is 35.8 Å². The highest BCUT2D eigenvalue weighted by Gasteiger charge is 2.33. The Hall–Kier alpha value is -1.62. The molecule has 2 heterocycles. The molecule has 2 aromatic rings. The SMILES string of the molecule is CC(C)(C)c1cc(SC2CCN(S(=O)(=O)c3nc(C(=O)O)cs3)CC2)cc(C(C)(C)C)c1O. The van der Waals surface area contributed by atoms with E-state index in [1.807, 2.05) is 0 Å². The monoisotopic (exact) mass is 512 g/mol. The first-order valence-electron chi connectivity index (χ1n) is 10.8. The van der Waals surface area contributed by atoms with E-state index in [0.717, 1.165) is 27.4 Å². The maximum Gasteiger partial charge on any atom is 0.355 e. The number of thiazole rings is 1. The van der Waals surface area contributed by atoms with Gasteiger partial charge in [0, 0.05) is 39.7 Å². The average Bonchev–Trinajstić information content (AvgIpc) is 3.19. The van der Waals surface area contributed by atoms with Gasteiger partial charge < -0.3 is 10.2 Å². The second-order valence-corrected chi connectivity index (χ2v) is 14.7. The second-order valence-electron chi connectivity index (χ2n) is 10.4. The van der Waals surface area contributed by atoms with Gasteiger partial charge in [-0.2, -0.15) is 4.31 Å². The Bertz CT molecular complexity index is 1100. The zero-order valence-electron chi connectivity index (χ0n) is 19.9. The molecule has 0 radical (unpaired) electrons. The van der Waals surface area contributed by atoms with E-state index in [-0.39, 0.29) is 26.1 Å². The molecule has 182 valence electrons. The van der Waals surface area contributed by atoms with Gasteiger partial charge in [-0.25, -0.2) is 18.2 Å². The third-order valence-corrected chi connectivity index (χ3v) is 10.1. The lowest BCUT2D eigenvalue weighted by atomic mass is 9.79. The van der Waals surface area contributed by atoms with Crippen LogP contribution in [-0.4, -0.2) is 52.2 Å². The van der Waals surface area contributed by atoms with E-state index >= 15 is 0 Å². The number of phenols is 1. The second kappa shape index (κ2) is 9.20. The molecule has 2 N–H and O–H groups in total. The van der Waals surface area contributed by atoms with Gasteiger partial charge >= 0.3 is 5.97 Å². The standard InChI is InChI=1S/C23H32N2O5S3/c1-22(2,3)16-11-15(12-17(19(16)26)23(4,5)6)32-14-7-9-25(10-8-14)33(29,30)21-24-18(13-31-21)20(27)28/h11-14,26H,7-10H2,1-6H3,(H,27,28). The predicted octanol–water partition coefficient (Wildman–Crippen LogP) is 5.09. The van der Waals surface area contributed by atoms with E-state index < -0.39 is 16.0 Å².